The summed E-state index contributed by atoms with van der Waals surface area (Å²) >= 11 is 1.89. The van der Waals surface area contributed by atoms with Crippen molar-refractivity contribution in [2.45, 2.75) is 71.4 Å². The van der Waals surface area contributed by atoms with Crippen molar-refractivity contribution in [3.63, 3.8) is 0 Å². The molecule has 0 radical (unpaired) electrons. The highest BCUT2D eigenvalue weighted by atomic mass is 32.2. The van der Waals surface area contributed by atoms with Crippen molar-refractivity contribution in [2.24, 2.45) is 4.99 Å². The summed E-state index contributed by atoms with van der Waals surface area (Å²) in [7, 11) is 0. The van der Waals surface area contributed by atoms with Gasteiger partial charge in [0.15, 0.2) is 5.17 Å². The maximum atomic E-state index is 4.84. The van der Waals surface area contributed by atoms with Gasteiger partial charge in [0.25, 0.3) is 0 Å². The average molecular weight is 242 g/mol. The first-order valence-corrected chi connectivity index (χ1v) is 7.52. The number of thioether (sulfide) groups is 1. The minimum absolute atomic E-state index is 0.161. The Hall–Kier alpha value is -0.180. The molecule has 94 valence electrons. The van der Waals surface area contributed by atoms with Gasteiger partial charge in [0.2, 0.25) is 0 Å². The number of nitrogens with zero attached hydrogens (tertiary/aromatic N) is 1. The van der Waals surface area contributed by atoms with Crippen LogP contribution in [0.25, 0.3) is 0 Å². The zero-order chi connectivity index (χ0) is 12.2. The number of amidine groups is 1. The van der Waals surface area contributed by atoms with Crippen LogP contribution in [0.5, 0.6) is 0 Å². The lowest BCUT2D eigenvalue weighted by Gasteiger charge is -2.32. The normalized spacial score (nSPS) is 25.7. The van der Waals surface area contributed by atoms with Crippen LogP contribution in [-0.2, 0) is 0 Å². The third-order valence-corrected chi connectivity index (χ3v) is 5.29. The molecule has 1 N–H and O–H groups in total. The van der Waals surface area contributed by atoms with Crippen LogP contribution in [0.15, 0.2) is 4.99 Å². The van der Waals surface area contributed by atoms with E-state index in [1.165, 1.54) is 19.3 Å². The molecule has 1 aliphatic heterocycles. The Morgan fingerprint density at radius 2 is 1.81 bits per heavy atom. The number of hydrogen-bond donors (Lipinski definition) is 1. The molecule has 0 saturated heterocycles. The second-order valence-electron chi connectivity index (χ2n) is 5.02. The first kappa shape index (κ1) is 13.9. The highest BCUT2D eigenvalue weighted by Crippen LogP contribution is 2.31. The van der Waals surface area contributed by atoms with Gasteiger partial charge in [-0.3, -0.25) is 4.99 Å². The van der Waals surface area contributed by atoms with E-state index < -0.39 is 0 Å². The van der Waals surface area contributed by atoms with E-state index >= 15 is 0 Å². The van der Waals surface area contributed by atoms with Gasteiger partial charge in [0, 0.05) is 11.3 Å². The van der Waals surface area contributed by atoms with E-state index in [9.17, 15) is 0 Å². The van der Waals surface area contributed by atoms with Crippen LogP contribution < -0.4 is 5.32 Å². The summed E-state index contributed by atoms with van der Waals surface area (Å²) in [6.07, 6.45) is 4.63. The molecule has 1 heterocycles. The Morgan fingerprint density at radius 3 is 2.19 bits per heavy atom. The molecule has 0 fully saturated rings. The van der Waals surface area contributed by atoms with Crippen molar-refractivity contribution < 1.29 is 0 Å². The van der Waals surface area contributed by atoms with Gasteiger partial charge < -0.3 is 5.32 Å². The van der Waals surface area contributed by atoms with E-state index in [1.807, 2.05) is 11.8 Å². The van der Waals surface area contributed by atoms with Crippen molar-refractivity contribution in [1.82, 2.24) is 5.32 Å². The standard InChI is InChI=1S/C13H26N2S/c1-6-12(5)10-16-11(14-12)15-13(7-2,8-3)9-4/h6-10H2,1-5H3,(H,14,15). The third-order valence-electron chi connectivity index (χ3n) is 4.06. The summed E-state index contributed by atoms with van der Waals surface area (Å²) in [5.41, 5.74) is 0.415. The van der Waals surface area contributed by atoms with Crippen LogP contribution >= 0.6 is 11.8 Å². The number of aliphatic imine (C=N–C) groups is 1. The van der Waals surface area contributed by atoms with Gasteiger partial charge in [-0.1, -0.05) is 39.5 Å². The second kappa shape index (κ2) is 5.44. The van der Waals surface area contributed by atoms with E-state index in [2.05, 4.69) is 39.9 Å². The molecule has 0 amide bonds. The molecule has 0 spiro atoms. The van der Waals surface area contributed by atoms with Gasteiger partial charge in [0.1, 0.15) is 0 Å². The molecule has 2 nitrogen and oxygen atoms in total. The predicted molar refractivity (Wildman–Crippen MR) is 75.3 cm³/mol. The molecule has 1 unspecified atom stereocenters. The van der Waals surface area contributed by atoms with Crippen LogP contribution in [0.1, 0.15) is 60.3 Å². The maximum Gasteiger partial charge on any atom is 0.157 e. The van der Waals surface area contributed by atoms with Crippen molar-refractivity contribution in [2.75, 3.05) is 5.75 Å². The maximum absolute atomic E-state index is 4.84. The van der Waals surface area contributed by atoms with E-state index in [0.717, 1.165) is 17.3 Å². The van der Waals surface area contributed by atoms with Crippen molar-refractivity contribution >= 4 is 16.9 Å². The summed E-state index contributed by atoms with van der Waals surface area (Å²) in [4.78, 5) is 4.84. The van der Waals surface area contributed by atoms with Crippen molar-refractivity contribution in [1.29, 1.82) is 0 Å². The van der Waals surface area contributed by atoms with E-state index in [0.29, 0.717) is 0 Å². The Bertz CT molecular complexity index is 250. The molecule has 0 aromatic carbocycles. The average Bonchev–Trinajstić information content (AvgIpc) is 2.69. The minimum atomic E-state index is 0.161. The summed E-state index contributed by atoms with van der Waals surface area (Å²) in [6.45, 7) is 11.3. The highest BCUT2D eigenvalue weighted by molar-refractivity contribution is 8.14. The number of nitrogens with one attached hydrogen (secondary N) is 1. The summed E-state index contributed by atoms with van der Waals surface area (Å²) in [5.74, 6) is 1.12. The number of hydrogen-bond acceptors (Lipinski definition) is 3. The molecule has 3 heteroatoms. The first-order chi connectivity index (χ1) is 7.53. The fourth-order valence-electron chi connectivity index (χ4n) is 2.02. The third kappa shape index (κ3) is 2.93. The lowest BCUT2D eigenvalue weighted by molar-refractivity contribution is 0.340. The van der Waals surface area contributed by atoms with Crippen LogP contribution in [0.3, 0.4) is 0 Å². The summed E-state index contributed by atoms with van der Waals surface area (Å²) in [6, 6.07) is 0. The zero-order valence-corrected chi connectivity index (χ0v) is 12.2. The Morgan fingerprint density at radius 1 is 1.25 bits per heavy atom. The minimum Gasteiger partial charge on any atom is -0.360 e. The topological polar surface area (TPSA) is 24.4 Å². The van der Waals surface area contributed by atoms with Gasteiger partial charge >= 0.3 is 0 Å². The molecule has 0 saturated carbocycles. The lowest BCUT2D eigenvalue weighted by atomic mass is 9.90. The second-order valence-corrected chi connectivity index (χ2v) is 5.99. The van der Waals surface area contributed by atoms with Gasteiger partial charge in [-0.05, 0) is 32.6 Å². The zero-order valence-electron chi connectivity index (χ0n) is 11.4. The molecular weight excluding hydrogens is 216 g/mol. The van der Waals surface area contributed by atoms with Gasteiger partial charge in [-0.25, -0.2) is 0 Å². The Labute approximate surface area is 105 Å². The fraction of sp³-hybridized carbons (Fsp3) is 0.923. The molecule has 1 aliphatic rings. The first-order valence-electron chi connectivity index (χ1n) is 6.54. The van der Waals surface area contributed by atoms with Gasteiger partial charge in [0.05, 0.1) is 5.54 Å². The van der Waals surface area contributed by atoms with E-state index in [-0.39, 0.29) is 11.1 Å². The molecule has 1 rings (SSSR count). The number of rotatable bonds is 5. The predicted octanol–water partition coefficient (Wildman–Crippen LogP) is 3.82. The fourth-order valence-corrected chi connectivity index (χ4v) is 3.31. The Kier molecular flexibility index (Phi) is 4.72. The van der Waals surface area contributed by atoms with Crippen LogP contribution in [0.4, 0.5) is 0 Å². The summed E-state index contributed by atoms with van der Waals surface area (Å²) in [5, 5.41) is 4.84. The van der Waals surface area contributed by atoms with Crippen LogP contribution in [0.2, 0.25) is 0 Å². The molecular formula is C13H26N2S. The lowest BCUT2D eigenvalue weighted by Crippen LogP contribution is -2.45. The van der Waals surface area contributed by atoms with Crippen LogP contribution in [-0.4, -0.2) is 22.0 Å². The van der Waals surface area contributed by atoms with Crippen molar-refractivity contribution in [3.05, 3.63) is 0 Å². The molecule has 0 aromatic heterocycles. The monoisotopic (exact) mass is 242 g/mol. The largest absolute Gasteiger partial charge is 0.360 e. The Balaban J connectivity index is 2.71. The van der Waals surface area contributed by atoms with Gasteiger partial charge in [-0.15, -0.1) is 0 Å². The van der Waals surface area contributed by atoms with Crippen molar-refractivity contribution in [3.8, 4) is 0 Å². The molecule has 0 bridgehead atoms. The quantitative estimate of drug-likeness (QED) is 0.792. The smallest absolute Gasteiger partial charge is 0.157 e. The van der Waals surface area contributed by atoms with E-state index in [4.69, 9.17) is 4.99 Å². The van der Waals surface area contributed by atoms with Gasteiger partial charge in [-0.2, -0.15) is 0 Å². The molecule has 1 atom stereocenters. The molecule has 0 aromatic rings. The molecule has 16 heavy (non-hydrogen) atoms. The van der Waals surface area contributed by atoms with Crippen LogP contribution in [0, 0.1) is 0 Å². The highest BCUT2D eigenvalue weighted by Gasteiger charge is 2.32. The molecule has 0 aliphatic carbocycles. The summed E-state index contributed by atoms with van der Waals surface area (Å²) < 4.78 is 0. The SMILES string of the molecule is CCC1(C)CSC(NC(CC)(CC)CC)=N1. The van der Waals surface area contributed by atoms with E-state index in [1.54, 1.807) is 0 Å².